The molecule has 0 aromatic heterocycles. The van der Waals surface area contributed by atoms with Gasteiger partial charge < -0.3 is 20.7 Å². The van der Waals surface area contributed by atoms with Crippen molar-refractivity contribution in [1.82, 2.24) is 5.43 Å². The number of amidine groups is 1. The standard InChI is InChI=1S/C17H32N4O4/c1-5-6-7-8-9-13(3)24-16(22)10-12(2)17(23)25-14(4)11-15(20-18)21-19/h13-14H,2,5-11,18-19H2,1,3-4H3,(H,20,21). The zero-order valence-corrected chi connectivity index (χ0v) is 15.5. The number of nitrogens with two attached hydrogens (primary N) is 2. The Labute approximate surface area is 150 Å². The molecule has 0 aliphatic carbocycles. The molecule has 0 saturated carbocycles. The van der Waals surface area contributed by atoms with Crippen molar-refractivity contribution in [1.29, 1.82) is 0 Å². The summed E-state index contributed by atoms with van der Waals surface area (Å²) in [5.74, 6) is 9.47. The van der Waals surface area contributed by atoms with Gasteiger partial charge in [0.15, 0.2) is 0 Å². The van der Waals surface area contributed by atoms with Gasteiger partial charge in [-0.25, -0.2) is 10.6 Å². The molecule has 0 aromatic rings. The number of esters is 2. The lowest BCUT2D eigenvalue weighted by atomic mass is 10.1. The van der Waals surface area contributed by atoms with Crippen LogP contribution in [-0.2, 0) is 19.1 Å². The molecule has 0 aliphatic heterocycles. The zero-order valence-electron chi connectivity index (χ0n) is 15.5. The van der Waals surface area contributed by atoms with Crippen LogP contribution in [0.2, 0.25) is 0 Å². The number of unbranched alkanes of at least 4 members (excludes halogenated alkanes) is 3. The first kappa shape index (κ1) is 22.9. The van der Waals surface area contributed by atoms with E-state index in [1.807, 2.05) is 6.92 Å². The summed E-state index contributed by atoms with van der Waals surface area (Å²) >= 11 is 0. The Morgan fingerprint density at radius 3 is 2.40 bits per heavy atom. The Morgan fingerprint density at radius 1 is 1.16 bits per heavy atom. The van der Waals surface area contributed by atoms with Crippen LogP contribution in [0.5, 0.6) is 0 Å². The van der Waals surface area contributed by atoms with Crippen LogP contribution >= 0.6 is 0 Å². The number of hydrazone groups is 1. The molecular weight excluding hydrogens is 324 g/mol. The predicted octanol–water partition coefficient (Wildman–Crippen LogP) is 1.89. The van der Waals surface area contributed by atoms with Crippen molar-refractivity contribution in [3.05, 3.63) is 12.2 Å². The van der Waals surface area contributed by atoms with Gasteiger partial charge in [0.1, 0.15) is 11.9 Å². The van der Waals surface area contributed by atoms with Crippen LogP contribution < -0.4 is 17.1 Å². The first-order valence-corrected chi connectivity index (χ1v) is 8.65. The fourth-order valence-electron chi connectivity index (χ4n) is 2.16. The average molecular weight is 356 g/mol. The summed E-state index contributed by atoms with van der Waals surface area (Å²) in [7, 11) is 0. The van der Waals surface area contributed by atoms with E-state index in [0.717, 1.165) is 25.7 Å². The minimum Gasteiger partial charge on any atom is -0.462 e. The third-order valence-electron chi connectivity index (χ3n) is 3.55. The molecule has 0 aliphatic rings. The van der Waals surface area contributed by atoms with E-state index in [1.165, 1.54) is 6.42 Å². The summed E-state index contributed by atoms with van der Waals surface area (Å²) in [6, 6.07) is 0. The Balaban J connectivity index is 4.16. The molecule has 0 saturated heterocycles. The number of hydrazine groups is 1. The maximum Gasteiger partial charge on any atom is 0.334 e. The monoisotopic (exact) mass is 356 g/mol. The summed E-state index contributed by atoms with van der Waals surface area (Å²) < 4.78 is 10.5. The van der Waals surface area contributed by atoms with Crippen LogP contribution in [0.4, 0.5) is 0 Å². The van der Waals surface area contributed by atoms with Crippen LogP contribution in [0, 0.1) is 0 Å². The third kappa shape index (κ3) is 11.1. The summed E-state index contributed by atoms with van der Waals surface area (Å²) in [5, 5.41) is 3.41. The lowest BCUT2D eigenvalue weighted by Gasteiger charge is -2.16. The Hall–Kier alpha value is -2.09. The third-order valence-corrected chi connectivity index (χ3v) is 3.55. The molecule has 144 valence electrons. The highest BCUT2D eigenvalue weighted by Crippen LogP contribution is 2.11. The molecule has 5 N–H and O–H groups in total. The highest BCUT2D eigenvalue weighted by atomic mass is 16.5. The van der Waals surface area contributed by atoms with Gasteiger partial charge in [-0.1, -0.05) is 32.8 Å². The highest BCUT2D eigenvalue weighted by molar-refractivity contribution is 5.93. The normalized spacial score (nSPS) is 13.7. The van der Waals surface area contributed by atoms with E-state index in [0.29, 0.717) is 5.84 Å². The van der Waals surface area contributed by atoms with Gasteiger partial charge in [0.25, 0.3) is 0 Å². The fraction of sp³-hybridized carbons (Fsp3) is 0.706. The quantitative estimate of drug-likeness (QED) is 0.0926. The van der Waals surface area contributed by atoms with E-state index in [9.17, 15) is 9.59 Å². The van der Waals surface area contributed by atoms with Gasteiger partial charge in [0.2, 0.25) is 0 Å². The molecule has 0 spiro atoms. The van der Waals surface area contributed by atoms with Gasteiger partial charge in [0.05, 0.1) is 12.5 Å². The van der Waals surface area contributed by atoms with E-state index in [-0.39, 0.29) is 24.5 Å². The second kappa shape index (κ2) is 13.2. The van der Waals surface area contributed by atoms with Crippen molar-refractivity contribution in [3.63, 3.8) is 0 Å². The van der Waals surface area contributed by atoms with Gasteiger partial charge in [-0.2, -0.15) is 5.10 Å². The molecule has 2 unspecified atom stereocenters. The number of carbonyl (C=O) groups excluding carboxylic acids is 2. The number of nitrogens with one attached hydrogen (secondary N) is 1. The minimum absolute atomic E-state index is 0.0435. The minimum atomic E-state index is -0.659. The van der Waals surface area contributed by atoms with Gasteiger partial charge in [-0.15, -0.1) is 0 Å². The number of nitrogens with zero attached hydrogens (tertiary/aromatic N) is 1. The summed E-state index contributed by atoms with van der Waals surface area (Å²) in [6.07, 6.45) is 4.63. The summed E-state index contributed by atoms with van der Waals surface area (Å²) in [4.78, 5) is 23.8. The molecular formula is C17H32N4O4. The highest BCUT2D eigenvalue weighted by Gasteiger charge is 2.19. The van der Waals surface area contributed by atoms with E-state index in [1.54, 1.807) is 6.92 Å². The second-order valence-electron chi connectivity index (χ2n) is 6.07. The Bertz CT molecular complexity index is 466. The molecule has 0 amide bonds. The molecule has 0 radical (unpaired) electrons. The molecule has 0 bridgehead atoms. The lowest BCUT2D eigenvalue weighted by Crippen LogP contribution is -2.34. The molecule has 0 fully saturated rings. The van der Waals surface area contributed by atoms with E-state index in [2.05, 4.69) is 24.0 Å². The molecule has 0 heterocycles. The van der Waals surface area contributed by atoms with Crippen LogP contribution in [0.1, 0.15) is 65.7 Å². The van der Waals surface area contributed by atoms with Crippen molar-refractivity contribution in [3.8, 4) is 0 Å². The van der Waals surface area contributed by atoms with Crippen molar-refractivity contribution < 1.29 is 19.1 Å². The van der Waals surface area contributed by atoms with Gasteiger partial charge in [-0.3, -0.25) is 4.79 Å². The first-order valence-electron chi connectivity index (χ1n) is 8.65. The summed E-state index contributed by atoms with van der Waals surface area (Å²) in [5.41, 5.74) is 2.34. The van der Waals surface area contributed by atoms with E-state index >= 15 is 0 Å². The summed E-state index contributed by atoms with van der Waals surface area (Å²) in [6.45, 7) is 9.24. The number of rotatable bonds is 12. The molecule has 8 heteroatoms. The number of hydrogen-bond acceptors (Lipinski definition) is 7. The molecule has 25 heavy (non-hydrogen) atoms. The average Bonchev–Trinajstić information content (AvgIpc) is 2.56. The molecule has 8 nitrogen and oxygen atoms in total. The molecule has 0 rings (SSSR count). The first-order chi connectivity index (χ1) is 11.8. The van der Waals surface area contributed by atoms with Crippen molar-refractivity contribution >= 4 is 17.8 Å². The van der Waals surface area contributed by atoms with Crippen molar-refractivity contribution in [2.24, 2.45) is 16.8 Å². The molecule has 0 aromatic carbocycles. The number of carbonyl (C=O) groups is 2. The van der Waals surface area contributed by atoms with Crippen LogP contribution in [0.15, 0.2) is 17.3 Å². The van der Waals surface area contributed by atoms with Crippen molar-refractivity contribution in [2.75, 3.05) is 0 Å². The fourth-order valence-corrected chi connectivity index (χ4v) is 2.16. The lowest BCUT2D eigenvalue weighted by molar-refractivity contribution is -0.151. The van der Waals surface area contributed by atoms with Crippen LogP contribution in [0.3, 0.4) is 0 Å². The molecule has 2 atom stereocenters. The van der Waals surface area contributed by atoms with E-state index < -0.39 is 18.0 Å². The predicted molar refractivity (Wildman–Crippen MR) is 97.2 cm³/mol. The maximum atomic E-state index is 11.9. The number of ether oxygens (including phenoxy) is 2. The smallest absolute Gasteiger partial charge is 0.334 e. The zero-order chi connectivity index (χ0) is 19.2. The van der Waals surface area contributed by atoms with Gasteiger partial charge in [-0.05, 0) is 26.7 Å². The maximum absolute atomic E-state index is 11.9. The Kier molecular flexibility index (Phi) is 12.1. The van der Waals surface area contributed by atoms with Crippen LogP contribution in [-0.4, -0.2) is 30.0 Å². The largest absolute Gasteiger partial charge is 0.462 e. The van der Waals surface area contributed by atoms with Crippen LogP contribution in [0.25, 0.3) is 0 Å². The van der Waals surface area contributed by atoms with Crippen molar-refractivity contribution in [2.45, 2.75) is 77.9 Å². The second-order valence-corrected chi connectivity index (χ2v) is 6.07. The Morgan fingerprint density at radius 2 is 1.84 bits per heavy atom. The van der Waals surface area contributed by atoms with Gasteiger partial charge >= 0.3 is 11.9 Å². The number of hydrogen-bond donors (Lipinski definition) is 3. The SMILES string of the molecule is C=C(CC(=O)OC(C)CCCCCC)C(=O)OC(C)C/C(=N/N)NN. The van der Waals surface area contributed by atoms with Gasteiger partial charge in [0, 0.05) is 12.0 Å². The topological polar surface area (TPSA) is 129 Å². The van der Waals surface area contributed by atoms with E-state index in [4.69, 9.17) is 21.2 Å².